The summed E-state index contributed by atoms with van der Waals surface area (Å²) in [4.78, 5) is 12.2. The van der Waals surface area contributed by atoms with Crippen LogP contribution in [0.1, 0.15) is 16.1 Å². The predicted octanol–water partition coefficient (Wildman–Crippen LogP) is 3.09. The maximum absolute atomic E-state index is 12.2. The molecule has 3 N–H and O–H groups in total. The van der Waals surface area contributed by atoms with Crippen LogP contribution in [0.2, 0.25) is 0 Å². The molecular formula is C12H12Br2N4O. The van der Waals surface area contributed by atoms with E-state index in [2.05, 4.69) is 42.3 Å². The van der Waals surface area contributed by atoms with E-state index in [4.69, 9.17) is 5.73 Å². The monoisotopic (exact) mass is 386 g/mol. The highest BCUT2D eigenvalue weighted by atomic mass is 79.9. The summed E-state index contributed by atoms with van der Waals surface area (Å²) < 4.78 is 3.09. The molecule has 1 heterocycles. The zero-order chi connectivity index (χ0) is 14.2. The summed E-state index contributed by atoms with van der Waals surface area (Å²) in [5.41, 5.74) is 7.56. The smallest absolute Gasteiger partial charge is 0.258 e. The Morgan fingerprint density at radius 2 is 2.11 bits per heavy atom. The number of aryl methyl sites for hydroxylation is 2. The lowest BCUT2D eigenvalue weighted by atomic mass is 10.2. The SMILES string of the molecule is Cc1nn(C)c(NC(=O)c2cc(Br)ccc2Br)c1N. The van der Waals surface area contributed by atoms with Crippen molar-refractivity contribution in [2.45, 2.75) is 6.92 Å². The molecule has 0 unspecified atom stereocenters. The molecule has 0 aliphatic rings. The second-order valence-corrected chi connectivity index (χ2v) is 5.82. The predicted molar refractivity (Wildman–Crippen MR) is 82.2 cm³/mol. The Morgan fingerprint density at radius 1 is 1.42 bits per heavy atom. The topological polar surface area (TPSA) is 72.9 Å². The molecule has 19 heavy (non-hydrogen) atoms. The number of aromatic nitrogens is 2. The zero-order valence-corrected chi connectivity index (χ0v) is 13.5. The molecule has 2 aromatic rings. The number of hydrogen-bond acceptors (Lipinski definition) is 3. The van der Waals surface area contributed by atoms with Gasteiger partial charge in [0.05, 0.1) is 16.9 Å². The summed E-state index contributed by atoms with van der Waals surface area (Å²) in [5.74, 6) is 0.247. The molecule has 0 aliphatic heterocycles. The third-order valence-corrected chi connectivity index (χ3v) is 3.86. The fourth-order valence-corrected chi connectivity index (χ4v) is 2.46. The van der Waals surface area contributed by atoms with Gasteiger partial charge in [-0.3, -0.25) is 9.48 Å². The van der Waals surface area contributed by atoms with Crippen LogP contribution in [0.15, 0.2) is 27.1 Å². The van der Waals surface area contributed by atoms with E-state index in [1.54, 1.807) is 30.8 Å². The van der Waals surface area contributed by atoms with Gasteiger partial charge in [0.25, 0.3) is 5.91 Å². The van der Waals surface area contributed by atoms with Gasteiger partial charge in [0.2, 0.25) is 0 Å². The molecule has 0 radical (unpaired) electrons. The highest BCUT2D eigenvalue weighted by molar-refractivity contribution is 9.11. The van der Waals surface area contributed by atoms with Gasteiger partial charge in [0, 0.05) is 16.0 Å². The number of carbonyl (C=O) groups excluding carboxylic acids is 1. The van der Waals surface area contributed by atoms with Crippen LogP contribution in [-0.2, 0) is 7.05 Å². The van der Waals surface area contributed by atoms with Gasteiger partial charge in [0.1, 0.15) is 0 Å². The van der Waals surface area contributed by atoms with Crippen LogP contribution in [-0.4, -0.2) is 15.7 Å². The lowest BCUT2D eigenvalue weighted by Crippen LogP contribution is -2.16. The molecule has 0 fully saturated rings. The first kappa shape index (κ1) is 14.1. The van der Waals surface area contributed by atoms with Crippen molar-refractivity contribution in [2.24, 2.45) is 7.05 Å². The molecular weight excluding hydrogens is 376 g/mol. The lowest BCUT2D eigenvalue weighted by Gasteiger charge is -2.08. The number of nitrogens with two attached hydrogens (primary N) is 1. The quantitative estimate of drug-likeness (QED) is 0.831. The number of carbonyl (C=O) groups is 1. The van der Waals surface area contributed by atoms with Gasteiger partial charge in [-0.25, -0.2) is 0 Å². The number of nitrogen functional groups attached to an aromatic ring is 1. The molecule has 5 nitrogen and oxygen atoms in total. The molecule has 100 valence electrons. The van der Waals surface area contributed by atoms with Crippen molar-refractivity contribution < 1.29 is 4.79 Å². The summed E-state index contributed by atoms with van der Waals surface area (Å²) in [7, 11) is 1.73. The third kappa shape index (κ3) is 2.82. The number of nitrogens with one attached hydrogen (secondary N) is 1. The zero-order valence-electron chi connectivity index (χ0n) is 10.4. The number of rotatable bonds is 2. The van der Waals surface area contributed by atoms with E-state index in [0.29, 0.717) is 27.2 Å². The molecule has 0 aliphatic carbocycles. The molecule has 7 heteroatoms. The van der Waals surface area contributed by atoms with Crippen LogP contribution < -0.4 is 11.1 Å². The first-order chi connectivity index (χ1) is 8.90. The van der Waals surface area contributed by atoms with Crippen molar-refractivity contribution >= 4 is 49.3 Å². The minimum atomic E-state index is -0.247. The van der Waals surface area contributed by atoms with Crippen molar-refractivity contribution in [3.63, 3.8) is 0 Å². The molecule has 1 amide bonds. The summed E-state index contributed by atoms with van der Waals surface area (Å²) >= 11 is 6.69. The number of benzene rings is 1. The second kappa shape index (κ2) is 5.34. The van der Waals surface area contributed by atoms with Crippen molar-refractivity contribution in [1.29, 1.82) is 0 Å². The second-order valence-electron chi connectivity index (χ2n) is 4.05. The average molecular weight is 388 g/mol. The molecule has 0 saturated heterocycles. The standard InChI is InChI=1S/C12H12Br2N4O/c1-6-10(15)11(18(2)17-6)16-12(19)8-5-7(13)3-4-9(8)14/h3-5H,15H2,1-2H3,(H,16,19). The highest BCUT2D eigenvalue weighted by Gasteiger charge is 2.16. The molecule has 0 atom stereocenters. The normalized spacial score (nSPS) is 10.5. The van der Waals surface area contributed by atoms with Gasteiger partial charge in [0.15, 0.2) is 5.82 Å². The van der Waals surface area contributed by atoms with E-state index in [-0.39, 0.29) is 5.91 Å². The van der Waals surface area contributed by atoms with Gasteiger partial charge < -0.3 is 11.1 Å². The van der Waals surface area contributed by atoms with E-state index in [1.165, 1.54) is 0 Å². The Labute approximate surface area is 127 Å². The van der Waals surface area contributed by atoms with Crippen LogP contribution in [0.3, 0.4) is 0 Å². The Morgan fingerprint density at radius 3 is 2.68 bits per heavy atom. The summed E-state index contributed by atoms with van der Waals surface area (Å²) in [6.07, 6.45) is 0. The summed E-state index contributed by atoms with van der Waals surface area (Å²) in [6, 6.07) is 5.39. The molecule has 1 aromatic carbocycles. The van der Waals surface area contributed by atoms with E-state index < -0.39 is 0 Å². The van der Waals surface area contributed by atoms with Gasteiger partial charge >= 0.3 is 0 Å². The van der Waals surface area contributed by atoms with Crippen LogP contribution in [0, 0.1) is 6.92 Å². The Hall–Kier alpha value is -1.34. The Bertz CT molecular complexity index is 651. The number of anilines is 2. The van der Waals surface area contributed by atoms with Gasteiger partial charge in [-0.1, -0.05) is 15.9 Å². The highest BCUT2D eigenvalue weighted by Crippen LogP contribution is 2.25. The van der Waals surface area contributed by atoms with E-state index in [0.717, 1.165) is 4.47 Å². The number of halogens is 2. The number of hydrogen-bond donors (Lipinski definition) is 2. The Balaban J connectivity index is 2.33. The number of amides is 1. The Kier molecular flexibility index (Phi) is 3.96. The summed E-state index contributed by atoms with van der Waals surface area (Å²) in [6.45, 7) is 1.79. The van der Waals surface area contributed by atoms with Gasteiger partial charge in [-0.2, -0.15) is 5.10 Å². The van der Waals surface area contributed by atoms with Crippen molar-refractivity contribution in [2.75, 3.05) is 11.1 Å². The van der Waals surface area contributed by atoms with Crippen LogP contribution >= 0.6 is 31.9 Å². The third-order valence-electron chi connectivity index (χ3n) is 2.67. The maximum Gasteiger partial charge on any atom is 0.258 e. The first-order valence-electron chi connectivity index (χ1n) is 5.45. The van der Waals surface area contributed by atoms with Crippen LogP contribution in [0.5, 0.6) is 0 Å². The van der Waals surface area contributed by atoms with E-state index >= 15 is 0 Å². The lowest BCUT2D eigenvalue weighted by molar-refractivity contribution is 0.102. The fourth-order valence-electron chi connectivity index (χ4n) is 1.67. The van der Waals surface area contributed by atoms with Gasteiger partial charge in [-0.05, 0) is 41.1 Å². The van der Waals surface area contributed by atoms with Crippen molar-refractivity contribution in [3.05, 3.63) is 38.4 Å². The van der Waals surface area contributed by atoms with Crippen molar-refractivity contribution in [1.82, 2.24) is 9.78 Å². The summed E-state index contributed by atoms with van der Waals surface area (Å²) in [5, 5.41) is 6.92. The maximum atomic E-state index is 12.2. The minimum absolute atomic E-state index is 0.247. The van der Waals surface area contributed by atoms with Crippen molar-refractivity contribution in [3.8, 4) is 0 Å². The molecule has 0 saturated carbocycles. The average Bonchev–Trinajstić information content (AvgIpc) is 2.59. The number of nitrogens with zero attached hydrogens (tertiary/aromatic N) is 2. The van der Waals surface area contributed by atoms with Crippen LogP contribution in [0.4, 0.5) is 11.5 Å². The van der Waals surface area contributed by atoms with Gasteiger partial charge in [-0.15, -0.1) is 0 Å². The molecule has 0 bridgehead atoms. The molecule has 1 aromatic heterocycles. The largest absolute Gasteiger partial charge is 0.394 e. The molecule has 0 spiro atoms. The van der Waals surface area contributed by atoms with E-state index in [1.807, 2.05) is 6.07 Å². The fraction of sp³-hybridized carbons (Fsp3) is 0.167. The molecule has 2 rings (SSSR count). The van der Waals surface area contributed by atoms with Crippen LogP contribution in [0.25, 0.3) is 0 Å². The first-order valence-corrected chi connectivity index (χ1v) is 7.04. The minimum Gasteiger partial charge on any atom is -0.394 e. The van der Waals surface area contributed by atoms with E-state index in [9.17, 15) is 4.79 Å².